The fourth-order valence-corrected chi connectivity index (χ4v) is 2.53. The second kappa shape index (κ2) is 7.65. The van der Waals surface area contributed by atoms with E-state index in [4.69, 9.17) is 5.73 Å². The molecule has 2 N–H and O–H groups in total. The number of nitrogens with two attached hydrogens (primary N) is 1. The van der Waals surface area contributed by atoms with Gasteiger partial charge in [0.25, 0.3) is 0 Å². The van der Waals surface area contributed by atoms with Gasteiger partial charge in [-0.15, -0.1) is 5.10 Å². The lowest BCUT2D eigenvalue weighted by molar-refractivity contribution is 0.302. The van der Waals surface area contributed by atoms with Crippen molar-refractivity contribution >= 4 is 5.82 Å². The van der Waals surface area contributed by atoms with Crippen LogP contribution < -0.4 is 5.73 Å². The number of hydrogen-bond acceptors (Lipinski definition) is 6. The molecule has 7 heteroatoms. The average Bonchev–Trinajstić information content (AvgIpc) is 3.03. The molecule has 2 aromatic heterocycles. The van der Waals surface area contributed by atoms with Gasteiger partial charge in [-0.2, -0.15) is 0 Å². The van der Waals surface area contributed by atoms with Crippen molar-refractivity contribution in [3.05, 3.63) is 65.6 Å². The first-order valence-corrected chi connectivity index (χ1v) is 7.88. The quantitative estimate of drug-likeness (QED) is 0.709. The van der Waals surface area contributed by atoms with E-state index in [0.717, 1.165) is 30.9 Å². The minimum absolute atomic E-state index is 0.534. The molecule has 0 unspecified atom stereocenters. The Kier molecular flexibility index (Phi) is 5.12. The summed E-state index contributed by atoms with van der Waals surface area (Å²) in [6.07, 6.45) is 2.70. The lowest BCUT2D eigenvalue weighted by Crippen LogP contribution is -2.21. The second-order valence-electron chi connectivity index (χ2n) is 5.82. The van der Waals surface area contributed by atoms with Crippen LogP contribution in [-0.2, 0) is 26.1 Å². The van der Waals surface area contributed by atoms with Crippen molar-refractivity contribution in [3.8, 4) is 0 Å². The van der Waals surface area contributed by atoms with Crippen molar-refractivity contribution < 1.29 is 0 Å². The van der Waals surface area contributed by atoms with Crippen LogP contribution in [-0.4, -0.2) is 37.1 Å². The molecule has 0 aliphatic rings. The molecule has 0 spiro atoms. The first-order valence-electron chi connectivity index (χ1n) is 7.88. The predicted molar refractivity (Wildman–Crippen MR) is 91.8 cm³/mol. The van der Waals surface area contributed by atoms with E-state index in [1.54, 1.807) is 6.20 Å². The molecule has 0 saturated heterocycles. The Labute approximate surface area is 141 Å². The number of hydrogen-bond donors (Lipinski definition) is 1. The van der Waals surface area contributed by atoms with Crippen molar-refractivity contribution in [2.24, 2.45) is 0 Å². The molecule has 2 heterocycles. The van der Waals surface area contributed by atoms with Crippen LogP contribution in [0.3, 0.4) is 0 Å². The third kappa shape index (κ3) is 4.36. The molecule has 0 saturated carbocycles. The summed E-state index contributed by atoms with van der Waals surface area (Å²) in [7, 11) is 2.03. The Morgan fingerprint density at radius 2 is 1.88 bits per heavy atom. The number of aryl methyl sites for hydroxylation is 2. The SMILES string of the molecule is CN(Cc1ccc(N)nc1)Cc1nnnn1CCc1ccccc1. The summed E-state index contributed by atoms with van der Waals surface area (Å²) in [5.74, 6) is 1.39. The molecule has 1 aromatic carbocycles. The van der Waals surface area contributed by atoms with Crippen LogP contribution >= 0.6 is 0 Å². The van der Waals surface area contributed by atoms with Gasteiger partial charge in [-0.05, 0) is 41.1 Å². The first kappa shape index (κ1) is 16.1. The maximum atomic E-state index is 5.61. The molecule has 0 amide bonds. The summed E-state index contributed by atoms with van der Waals surface area (Å²) in [6, 6.07) is 14.1. The smallest absolute Gasteiger partial charge is 0.165 e. The molecule has 0 radical (unpaired) electrons. The minimum Gasteiger partial charge on any atom is -0.384 e. The number of tetrazole rings is 1. The molecule has 124 valence electrons. The van der Waals surface area contributed by atoms with Gasteiger partial charge in [-0.3, -0.25) is 4.90 Å². The van der Waals surface area contributed by atoms with E-state index in [1.165, 1.54) is 5.56 Å². The van der Waals surface area contributed by atoms with Crippen LogP contribution in [0.5, 0.6) is 0 Å². The zero-order chi connectivity index (χ0) is 16.8. The van der Waals surface area contributed by atoms with Crippen LogP contribution in [0.2, 0.25) is 0 Å². The highest BCUT2D eigenvalue weighted by Crippen LogP contribution is 2.08. The van der Waals surface area contributed by atoms with Crippen LogP contribution in [0, 0.1) is 0 Å². The summed E-state index contributed by atoms with van der Waals surface area (Å²) in [5.41, 5.74) is 8.00. The molecule has 0 bridgehead atoms. The van der Waals surface area contributed by atoms with Gasteiger partial charge in [0.05, 0.1) is 6.54 Å². The Morgan fingerprint density at radius 3 is 2.62 bits per heavy atom. The standard InChI is InChI=1S/C17H21N7/c1-23(12-15-7-8-16(18)19-11-15)13-17-20-21-22-24(17)10-9-14-5-3-2-4-6-14/h2-8,11H,9-10,12-13H2,1H3,(H2,18,19). The Balaban J connectivity index is 1.57. The number of rotatable bonds is 7. The summed E-state index contributed by atoms with van der Waals surface area (Å²) >= 11 is 0. The van der Waals surface area contributed by atoms with Gasteiger partial charge >= 0.3 is 0 Å². The molecular weight excluding hydrogens is 302 g/mol. The minimum atomic E-state index is 0.534. The number of anilines is 1. The van der Waals surface area contributed by atoms with Gasteiger partial charge in [-0.1, -0.05) is 36.4 Å². The van der Waals surface area contributed by atoms with Crippen LogP contribution in [0.1, 0.15) is 17.0 Å². The normalized spacial score (nSPS) is 11.1. The van der Waals surface area contributed by atoms with Gasteiger partial charge in [0.2, 0.25) is 0 Å². The van der Waals surface area contributed by atoms with Crippen molar-refractivity contribution in [1.29, 1.82) is 0 Å². The zero-order valence-corrected chi connectivity index (χ0v) is 13.7. The van der Waals surface area contributed by atoms with E-state index in [-0.39, 0.29) is 0 Å². The molecule has 0 aliphatic carbocycles. The van der Waals surface area contributed by atoms with Gasteiger partial charge in [0.15, 0.2) is 5.82 Å². The molecule has 3 aromatic rings. The maximum Gasteiger partial charge on any atom is 0.165 e. The van der Waals surface area contributed by atoms with Crippen LogP contribution in [0.4, 0.5) is 5.82 Å². The molecule has 0 atom stereocenters. The Bertz CT molecular complexity index is 752. The van der Waals surface area contributed by atoms with Gasteiger partial charge in [-0.25, -0.2) is 9.67 Å². The molecule has 3 rings (SSSR count). The van der Waals surface area contributed by atoms with Crippen molar-refractivity contribution in [2.75, 3.05) is 12.8 Å². The van der Waals surface area contributed by atoms with Gasteiger partial charge < -0.3 is 5.73 Å². The van der Waals surface area contributed by atoms with Gasteiger partial charge in [0.1, 0.15) is 5.82 Å². The fraction of sp³-hybridized carbons (Fsp3) is 0.294. The largest absolute Gasteiger partial charge is 0.384 e. The molecular formula is C17H21N7. The Hall–Kier alpha value is -2.80. The summed E-state index contributed by atoms with van der Waals surface area (Å²) in [5, 5.41) is 12.1. The molecule has 24 heavy (non-hydrogen) atoms. The van der Waals surface area contributed by atoms with Crippen molar-refractivity contribution in [2.45, 2.75) is 26.1 Å². The van der Waals surface area contributed by atoms with E-state index in [1.807, 2.05) is 42.1 Å². The Morgan fingerprint density at radius 1 is 1.04 bits per heavy atom. The lowest BCUT2D eigenvalue weighted by Gasteiger charge is -2.16. The number of aromatic nitrogens is 5. The van der Waals surface area contributed by atoms with Crippen molar-refractivity contribution in [1.82, 2.24) is 30.1 Å². The first-order chi connectivity index (χ1) is 11.7. The van der Waals surface area contributed by atoms with Crippen LogP contribution in [0.15, 0.2) is 48.7 Å². The van der Waals surface area contributed by atoms with E-state index in [0.29, 0.717) is 12.4 Å². The van der Waals surface area contributed by atoms with E-state index < -0.39 is 0 Å². The van der Waals surface area contributed by atoms with E-state index in [9.17, 15) is 0 Å². The highest BCUT2D eigenvalue weighted by Gasteiger charge is 2.10. The number of pyridine rings is 1. The number of benzene rings is 1. The zero-order valence-electron chi connectivity index (χ0n) is 13.7. The maximum absolute atomic E-state index is 5.61. The summed E-state index contributed by atoms with van der Waals surface area (Å²) in [4.78, 5) is 6.27. The fourth-order valence-electron chi connectivity index (χ4n) is 2.53. The monoisotopic (exact) mass is 323 g/mol. The summed E-state index contributed by atoms with van der Waals surface area (Å²) in [6.45, 7) is 2.20. The van der Waals surface area contributed by atoms with E-state index >= 15 is 0 Å². The topological polar surface area (TPSA) is 85.8 Å². The highest BCUT2D eigenvalue weighted by molar-refractivity contribution is 5.29. The number of nitrogen functional groups attached to an aromatic ring is 1. The lowest BCUT2D eigenvalue weighted by atomic mass is 10.1. The third-order valence-corrected chi connectivity index (χ3v) is 3.77. The molecule has 7 nitrogen and oxygen atoms in total. The van der Waals surface area contributed by atoms with Crippen LogP contribution in [0.25, 0.3) is 0 Å². The number of nitrogens with zero attached hydrogens (tertiary/aromatic N) is 6. The highest BCUT2D eigenvalue weighted by atomic mass is 15.5. The predicted octanol–water partition coefficient (Wildman–Crippen LogP) is 1.52. The third-order valence-electron chi connectivity index (χ3n) is 3.77. The summed E-state index contributed by atoms with van der Waals surface area (Å²) < 4.78 is 1.87. The van der Waals surface area contributed by atoms with Crippen molar-refractivity contribution in [3.63, 3.8) is 0 Å². The van der Waals surface area contributed by atoms with Gasteiger partial charge in [0, 0.05) is 19.3 Å². The average molecular weight is 323 g/mol. The molecule has 0 fully saturated rings. The van der Waals surface area contributed by atoms with E-state index in [2.05, 4.69) is 37.5 Å². The second-order valence-corrected chi connectivity index (χ2v) is 5.82. The molecule has 0 aliphatic heterocycles.